The molecule has 1 saturated heterocycles. The first-order valence-corrected chi connectivity index (χ1v) is 6.49. The van der Waals surface area contributed by atoms with Crippen LogP contribution >= 0.6 is 0 Å². The Morgan fingerprint density at radius 3 is 3.00 bits per heavy atom. The van der Waals surface area contributed by atoms with Gasteiger partial charge in [-0.05, 0) is 31.9 Å². The van der Waals surface area contributed by atoms with Crippen LogP contribution in [0.15, 0.2) is 30.6 Å². The normalized spacial score (nSPS) is 18.8. The lowest BCUT2D eigenvalue weighted by atomic mass is 10.1. The summed E-state index contributed by atoms with van der Waals surface area (Å²) in [5.41, 5.74) is 1.86. The second-order valence-electron chi connectivity index (χ2n) is 4.83. The Kier molecular flexibility index (Phi) is 3.03. The Balaban J connectivity index is 1.86. The van der Waals surface area contributed by atoms with Gasteiger partial charge in [0.05, 0.1) is 11.7 Å². The number of nitrogens with one attached hydrogen (secondary N) is 1. The molecule has 2 aromatic rings. The van der Waals surface area contributed by atoms with E-state index in [2.05, 4.69) is 15.0 Å². The van der Waals surface area contributed by atoms with Crippen LogP contribution in [-0.2, 0) is 0 Å². The second kappa shape index (κ2) is 4.84. The van der Waals surface area contributed by atoms with Crippen LogP contribution in [0.4, 0.5) is 0 Å². The number of hydrogen-bond donors (Lipinski definition) is 1. The van der Waals surface area contributed by atoms with E-state index < -0.39 is 0 Å². The van der Waals surface area contributed by atoms with Crippen molar-refractivity contribution in [3.8, 4) is 0 Å². The van der Waals surface area contributed by atoms with E-state index in [1.165, 1.54) is 0 Å². The number of aromatic amines is 1. The van der Waals surface area contributed by atoms with Crippen molar-refractivity contribution in [3.63, 3.8) is 0 Å². The van der Waals surface area contributed by atoms with Crippen molar-refractivity contribution in [1.82, 2.24) is 19.9 Å². The molecule has 1 N–H and O–H groups in total. The maximum Gasteiger partial charge on any atom is 0.290 e. The topological polar surface area (TPSA) is 61.9 Å². The number of aromatic nitrogens is 3. The van der Waals surface area contributed by atoms with Crippen molar-refractivity contribution in [3.05, 3.63) is 47.8 Å². The molecule has 1 aliphatic heterocycles. The van der Waals surface area contributed by atoms with E-state index in [0.717, 1.165) is 30.8 Å². The monoisotopic (exact) mass is 256 g/mol. The van der Waals surface area contributed by atoms with Crippen molar-refractivity contribution in [1.29, 1.82) is 0 Å². The molecule has 0 spiro atoms. The third-order valence-electron chi connectivity index (χ3n) is 3.45. The molecule has 0 saturated carbocycles. The zero-order valence-corrected chi connectivity index (χ0v) is 10.8. The zero-order chi connectivity index (χ0) is 13.2. The number of imidazole rings is 1. The van der Waals surface area contributed by atoms with E-state index in [1.54, 1.807) is 12.4 Å². The Hall–Kier alpha value is -2.17. The number of hydrogen-bond acceptors (Lipinski definition) is 3. The van der Waals surface area contributed by atoms with E-state index in [-0.39, 0.29) is 11.9 Å². The summed E-state index contributed by atoms with van der Waals surface area (Å²) in [6.07, 6.45) is 5.42. The molecular formula is C14H16N4O. The quantitative estimate of drug-likeness (QED) is 0.895. The SMILES string of the molecule is Cc1cnc(C(=O)N2CCCC2c2ccccn2)[nH]1. The minimum atomic E-state index is -0.0405. The molecule has 5 nitrogen and oxygen atoms in total. The summed E-state index contributed by atoms with van der Waals surface area (Å²) in [6, 6.07) is 5.89. The molecular weight excluding hydrogens is 240 g/mol. The van der Waals surface area contributed by atoms with Crippen LogP contribution in [0.2, 0.25) is 0 Å². The largest absolute Gasteiger partial charge is 0.338 e. The van der Waals surface area contributed by atoms with Crippen LogP contribution < -0.4 is 0 Å². The predicted octanol–water partition coefficient (Wildman–Crippen LogP) is 2.09. The molecule has 2 aromatic heterocycles. The van der Waals surface area contributed by atoms with E-state index in [9.17, 15) is 4.79 Å². The summed E-state index contributed by atoms with van der Waals surface area (Å²) in [5.74, 6) is 0.376. The number of likely N-dealkylation sites (tertiary alicyclic amines) is 1. The highest BCUT2D eigenvalue weighted by molar-refractivity contribution is 5.91. The third-order valence-corrected chi connectivity index (χ3v) is 3.45. The van der Waals surface area contributed by atoms with Gasteiger partial charge in [0.25, 0.3) is 5.91 Å². The van der Waals surface area contributed by atoms with Crippen molar-refractivity contribution >= 4 is 5.91 Å². The van der Waals surface area contributed by atoms with Crippen LogP contribution in [-0.4, -0.2) is 32.3 Å². The maximum absolute atomic E-state index is 12.4. The first kappa shape index (κ1) is 11.9. The average Bonchev–Trinajstić information content (AvgIpc) is 3.07. The molecule has 3 rings (SSSR count). The first-order chi connectivity index (χ1) is 9.25. The van der Waals surface area contributed by atoms with Crippen molar-refractivity contribution in [2.75, 3.05) is 6.54 Å². The fraction of sp³-hybridized carbons (Fsp3) is 0.357. The summed E-state index contributed by atoms with van der Waals surface area (Å²) >= 11 is 0. The van der Waals surface area contributed by atoms with Gasteiger partial charge in [0.1, 0.15) is 0 Å². The molecule has 1 aliphatic rings. The molecule has 1 amide bonds. The molecule has 5 heteroatoms. The van der Waals surface area contributed by atoms with Gasteiger partial charge in [-0.3, -0.25) is 9.78 Å². The van der Waals surface area contributed by atoms with Crippen LogP contribution in [0.3, 0.4) is 0 Å². The molecule has 0 aliphatic carbocycles. The van der Waals surface area contributed by atoms with Crippen LogP contribution in [0, 0.1) is 6.92 Å². The Morgan fingerprint density at radius 1 is 1.42 bits per heavy atom. The molecule has 98 valence electrons. The number of carbonyl (C=O) groups is 1. The summed E-state index contributed by atoms with van der Waals surface area (Å²) in [7, 11) is 0. The minimum absolute atomic E-state index is 0.0405. The standard InChI is InChI=1S/C14H16N4O/c1-10-9-16-13(17-10)14(19)18-8-4-6-12(18)11-5-2-3-7-15-11/h2-3,5,7,9,12H,4,6,8H2,1H3,(H,16,17). The summed E-state index contributed by atoms with van der Waals surface area (Å²) in [6.45, 7) is 2.66. The summed E-state index contributed by atoms with van der Waals surface area (Å²) in [5, 5.41) is 0. The lowest BCUT2D eigenvalue weighted by Crippen LogP contribution is -2.31. The van der Waals surface area contributed by atoms with Crippen molar-refractivity contribution in [2.45, 2.75) is 25.8 Å². The highest BCUT2D eigenvalue weighted by Gasteiger charge is 2.32. The molecule has 1 fully saturated rings. The fourth-order valence-electron chi connectivity index (χ4n) is 2.55. The van der Waals surface area contributed by atoms with Crippen LogP contribution in [0.5, 0.6) is 0 Å². The fourth-order valence-corrected chi connectivity index (χ4v) is 2.55. The summed E-state index contributed by atoms with van der Waals surface area (Å²) < 4.78 is 0. The van der Waals surface area contributed by atoms with Gasteiger partial charge < -0.3 is 9.88 Å². The number of rotatable bonds is 2. The number of H-pyrrole nitrogens is 1. The van der Waals surface area contributed by atoms with Gasteiger partial charge in [0, 0.05) is 24.6 Å². The third kappa shape index (κ3) is 2.23. The Morgan fingerprint density at radius 2 is 2.32 bits per heavy atom. The van der Waals surface area contributed by atoms with Crippen LogP contribution in [0.25, 0.3) is 0 Å². The molecule has 0 bridgehead atoms. The minimum Gasteiger partial charge on any atom is -0.338 e. The smallest absolute Gasteiger partial charge is 0.290 e. The van der Waals surface area contributed by atoms with Gasteiger partial charge in [-0.25, -0.2) is 4.98 Å². The Labute approximate surface area is 111 Å². The van der Waals surface area contributed by atoms with E-state index >= 15 is 0 Å². The van der Waals surface area contributed by atoms with Gasteiger partial charge >= 0.3 is 0 Å². The molecule has 0 aromatic carbocycles. The highest BCUT2D eigenvalue weighted by atomic mass is 16.2. The zero-order valence-electron chi connectivity index (χ0n) is 10.8. The van der Waals surface area contributed by atoms with Gasteiger partial charge in [-0.2, -0.15) is 0 Å². The number of pyridine rings is 1. The molecule has 19 heavy (non-hydrogen) atoms. The van der Waals surface area contributed by atoms with Crippen molar-refractivity contribution < 1.29 is 4.79 Å². The molecule has 1 atom stereocenters. The van der Waals surface area contributed by atoms with E-state index in [4.69, 9.17) is 0 Å². The number of amides is 1. The summed E-state index contributed by atoms with van der Waals surface area (Å²) in [4.78, 5) is 25.8. The van der Waals surface area contributed by atoms with Gasteiger partial charge in [-0.15, -0.1) is 0 Å². The van der Waals surface area contributed by atoms with E-state index in [0.29, 0.717) is 5.82 Å². The van der Waals surface area contributed by atoms with Crippen molar-refractivity contribution in [2.24, 2.45) is 0 Å². The molecule has 1 unspecified atom stereocenters. The average molecular weight is 256 g/mol. The Bertz CT molecular complexity index is 578. The lowest BCUT2D eigenvalue weighted by molar-refractivity contribution is 0.0721. The van der Waals surface area contributed by atoms with Gasteiger partial charge in [0.15, 0.2) is 5.82 Å². The van der Waals surface area contributed by atoms with Crippen LogP contribution in [0.1, 0.15) is 40.9 Å². The van der Waals surface area contributed by atoms with E-state index in [1.807, 2.05) is 30.0 Å². The van der Waals surface area contributed by atoms with Gasteiger partial charge in [0.2, 0.25) is 0 Å². The highest BCUT2D eigenvalue weighted by Crippen LogP contribution is 2.31. The number of aryl methyl sites for hydroxylation is 1. The first-order valence-electron chi connectivity index (χ1n) is 6.49. The number of nitrogens with zero attached hydrogens (tertiary/aromatic N) is 3. The second-order valence-corrected chi connectivity index (χ2v) is 4.83. The molecule has 3 heterocycles. The van der Waals surface area contributed by atoms with Gasteiger partial charge in [-0.1, -0.05) is 6.07 Å². The number of carbonyl (C=O) groups excluding carboxylic acids is 1. The lowest BCUT2D eigenvalue weighted by Gasteiger charge is -2.23. The predicted molar refractivity (Wildman–Crippen MR) is 70.6 cm³/mol. The molecule has 0 radical (unpaired) electrons. The maximum atomic E-state index is 12.4.